The molecule has 19 heavy (non-hydrogen) atoms. The molecule has 2 atom stereocenters. The highest BCUT2D eigenvalue weighted by molar-refractivity contribution is 5.83. The lowest BCUT2D eigenvalue weighted by atomic mass is 10.0. The zero-order valence-corrected chi connectivity index (χ0v) is 10.7. The Labute approximate surface area is 111 Å². The Bertz CT molecular complexity index is 445. The smallest absolute Gasteiger partial charge is 0.306 e. The first kappa shape index (κ1) is 15.1. The lowest BCUT2D eigenvalue weighted by Crippen LogP contribution is -2.44. The largest absolute Gasteiger partial charge is 0.481 e. The molecule has 0 saturated heterocycles. The Morgan fingerprint density at radius 2 is 1.95 bits per heavy atom. The van der Waals surface area contributed by atoms with Crippen molar-refractivity contribution in [3.05, 3.63) is 35.9 Å². The van der Waals surface area contributed by atoms with Crippen LogP contribution in [0.2, 0.25) is 0 Å². The third kappa shape index (κ3) is 5.07. The summed E-state index contributed by atoms with van der Waals surface area (Å²) in [5.41, 5.74) is 4.91. The van der Waals surface area contributed by atoms with Crippen LogP contribution in [0.1, 0.15) is 24.9 Å². The molecule has 1 aromatic carbocycles. The lowest BCUT2D eigenvalue weighted by Gasteiger charge is -2.22. The van der Waals surface area contributed by atoms with Crippen LogP contribution in [0, 0.1) is 0 Å². The van der Waals surface area contributed by atoms with Gasteiger partial charge in [-0.05, 0) is 12.5 Å². The minimum atomic E-state index is -1.50. The number of hydrogen-bond acceptors (Lipinski definition) is 4. The normalized spacial score (nSPS) is 15.3. The van der Waals surface area contributed by atoms with Crippen LogP contribution in [0.25, 0.3) is 0 Å². The van der Waals surface area contributed by atoms with Gasteiger partial charge in [0.2, 0.25) is 5.91 Å². The molecule has 6 nitrogen and oxygen atoms in total. The number of amides is 1. The number of aliphatic hydroxyl groups is 1. The minimum absolute atomic E-state index is 0.168. The SMILES string of the molecule is CC(O)(CNC(=O)[C@H](N)c1ccccc1)CC(=O)O. The molecule has 0 aliphatic heterocycles. The molecule has 0 aromatic heterocycles. The van der Waals surface area contributed by atoms with Crippen LogP contribution in [0.5, 0.6) is 0 Å². The van der Waals surface area contributed by atoms with E-state index in [1.165, 1.54) is 6.92 Å². The third-order valence-electron chi connectivity index (χ3n) is 2.62. The van der Waals surface area contributed by atoms with Crippen LogP contribution in [-0.2, 0) is 9.59 Å². The summed E-state index contributed by atoms with van der Waals surface area (Å²) in [4.78, 5) is 22.3. The van der Waals surface area contributed by atoms with Gasteiger partial charge in [-0.25, -0.2) is 0 Å². The molecule has 0 aliphatic carbocycles. The van der Waals surface area contributed by atoms with Gasteiger partial charge >= 0.3 is 5.97 Å². The van der Waals surface area contributed by atoms with Gasteiger partial charge in [-0.1, -0.05) is 30.3 Å². The van der Waals surface area contributed by atoms with E-state index in [9.17, 15) is 14.7 Å². The highest BCUT2D eigenvalue weighted by atomic mass is 16.4. The number of nitrogens with one attached hydrogen (secondary N) is 1. The number of carboxylic acid groups (broad SMARTS) is 1. The van der Waals surface area contributed by atoms with Gasteiger partial charge in [0, 0.05) is 6.54 Å². The minimum Gasteiger partial charge on any atom is -0.481 e. The molecule has 0 spiro atoms. The third-order valence-corrected chi connectivity index (χ3v) is 2.62. The van der Waals surface area contributed by atoms with Crippen LogP contribution < -0.4 is 11.1 Å². The molecule has 6 heteroatoms. The van der Waals surface area contributed by atoms with Crippen LogP contribution in [0.3, 0.4) is 0 Å². The number of rotatable bonds is 6. The van der Waals surface area contributed by atoms with Crippen molar-refractivity contribution in [2.75, 3.05) is 6.54 Å². The summed E-state index contributed by atoms with van der Waals surface area (Å²) in [6.07, 6.45) is -0.451. The van der Waals surface area contributed by atoms with E-state index < -0.39 is 29.9 Å². The van der Waals surface area contributed by atoms with Crippen molar-refractivity contribution in [1.29, 1.82) is 0 Å². The molecule has 0 saturated carbocycles. The quantitative estimate of drug-likeness (QED) is 0.580. The second-order valence-electron chi connectivity index (χ2n) is 4.67. The predicted molar refractivity (Wildman–Crippen MR) is 69.3 cm³/mol. The monoisotopic (exact) mass is 266 g/mol. The van der Waals surface area contributed by atoms with Crippen molar-refractivity contribution in [2.45, 2.75) is 25.0 Å². The maximum absolute atomic E-state index is 11.8. The lowest BCUT2D eigenvalue weighted by molar-refractivity contribution is -0.142. The van der Waals surface area contributed by atoms with E-state index in [0.717, 1.165) is 0 Å². The molecule has 0 bridgehead atoms. The molecular weight excluding hydrogens is 248 g/mol. The average molecular weight is 266 g/mol. The fraction of sp³-hybridized carbons (Fsp3) is 0.385. The summed E-state index contributed by atoms with van der Waals surface area (Å²) in [6.45, 7) is 1.17. The van der Waals surface area contributed by atoms with Gasteiger partial charge in [0.15, 0.2) is 0 Å². The first-order valence-electron chi connectivity index (χ1n) is 5.84. The predicted octanol–water partition coefficient (Wildman–Crippen LogP) is 0.0283. The number of hydrogen-bond donors (Lipinski definition) is 4. The Morgan fingerprint density at radius 1 is 1.37 bits per heavy atom. The molecule has 1 amide bonds. The molecule has 0 heterocycles. The molecule has 1 aromatic rings. The van der Waals surface area contributed by atoms with Crippen LogP contribution in [-0.4, -0.2) is 34.2 Å². The summed E-state index contributed by atoms with van der Waals surface area (Å²) in [7, 11) is 0. The Hall–Kier alpha value is -1.92. The second kappa shape index (κ2) is 6.31. The Kier molecular flexibility index (Phi) is 5.02. The van der Waals surface area contributed by atoms with Gasteiger partial charge < -0.3 is 21.3 Å². The van der Waals surface area contributed by atoms with E-state index >= 15 is 0 Å². The topological polar surface area (TPSA) is 113 Å². The molecule has 0 fully saturated rings. The standard InChI is InChI=1S/C13H18N2O4/c1-13(19,7-10(16)17)8-15-12(18)11(14)9-5-3-2-4-6-9/h2-6,11,19H,7-8,14H2,1H3,(H,15,18)(H,16,17)/t11-,13?/m1/s1. The summed E-state index contributed by atoms with van der Waals surface area (Å²) >= 11 is 0. The van der Waals surface area contributed by atoms with E-state index in [1.54, 1.807) is 24.3 Å². The Morgan fingerprint density at radius 3 is 2.47 bits per heavy atom. The van der Waals surface area contributed by atoms with Crippen molar-refractivity contribution in [3.63, 3.8) is 0 Å². The number of carbonyl (C=O) groups excluding carboxylic acids is 1. The van der Waals surface area contributed by atoms with Gasteiger partial charge in [-0.2, -0.15) is 0 Å². The molecule has 0 aliphatic rings. The number of aliphatic carboxylic acids is 1. The number of benzene rings is 1. The second-order valence-corrected chi connectivity index (χ2v) is 4.67. The van der Waals surface area contributed by atoms with Crippen molar-refractivity contribution >= 4 is 11.9 Å². The van der Waals surface area contributed by atoms with E-state index in [2.05, 4.69) is 5.32 Å². The summed E-state index contributed by atoms with van der Waals surface area (Å²) in [6, 6.07) is 7.94. The van der Waals surface area contributed by atoms with Crippen LogP contribution in [0.4, 0.5) is 0 Å². The van der Waals surface area contributed by atoms with Gasteiger partial charge in [0.25, 0.3) is 0 Å². The number of carboxylic acids is 1. The van der Waals surface area contributed by atoms with E-state index in [1.807, 2.05) is 6.07 Å². The number of carbonyl (C=O) groups is 2. The fourth-order valence-electron chi connectivity index (χ4n) is 1.59. The van der Waals surface area contributed by atoms with Crippen molar-refractivity contribution in [3.8, 4) is 0 Å². The molecule has 1 unspecified atom stereocenters. The van der Waals surface area contributed by atoms with Crippen LogP contribution in [0.15, 0.2) is 30.3 Å². The highest BCUT2D eigenvalue weighted by Crippen LogP contribution is 2.11. The molecule has 1 rings (SSSR count). The van der Waals surface area contributed by atoms with E-state index in [4.69, 9.17) is 10.8 Å². The van der Waals surface area contributed by atoms with Crippen molar-refractivity contribution < 1.29 is 19.8 Å². The molecule has 104 valence electrons. The molecular formula is C13H18N2O4. The first-order valence-corrected chi connectivity index (χ1v) is 5.84. The van der Waals surface area contributed by atoms with Crippen LogP contribution >= 0.6 is 0 Å². The highest BCUT2D eigenvalue weighted by Gasteiger charge is 2.26. The average Bonchev–Trinajstić information content (AvgIpc) is 2.34. The number of nitrogens with two attached hydrogens (primary N) is 1. The van der Waals surface area contributed by atoms with Gasteiger partial charge in [-0.3, -0.25) is 9.59 Å². The zero-order valence-electron chi connectivity index (χ0n) is 10.7. The van der Waals surface area contributed by atoms with Gasteiger partial charge in [0.05, 0.1) is 12.0 Å². The maximum Gasteiger partial charge on any atom is 0.306 e. The fourth-order valence-corrected chi connectivity index (χ4v) is 1.59. The summed E-state index contributed by atoms with van der Waals surface area (Å²) in [5, 5.41) is 20.8. The van der Waals surface area contributed by atoms with Gasteiger partial charge in [0.1, 0.15) is 6.04 Å². The Balaban J connectivity index is 2.54. The summed E-state index contributed by atoms with van der Waals surface area (Å²) < 4.78 is 0. The van der Waals surface area contributed by atoms with E-state index in [-0.39, 0.29) is 6.54 Å². The summed E-state index contributed by atoms with van der Waals surface area (Å²) in [5.74, 6) is -1.59. The first-order chi connectivity index (χ1) is 8.82. The zero-order chi connectivity index (χ0) is 14.5. The van der Waals surface area contributed by atoms with E-state index in [0.29, 0.717) is 5.56 Å². The van der Waals surface area contributed by atoms with Gasteiger partial charge in [-0.15, -0.1) is 0 Å². The van der Waals surface area contributed by atoms with Crippen molar-refractivity contribution in [1.82, 2.24) is 5.32 Å². The maximum atomic E-state index is 11.8. The van der Waals surface area contributed by atoms with Crippen molar-refractivity contribution in [2.24, 2.45) is 5.73 Å². The molecule has 5 N–H and O–H groups in total. The molecule has 0 radical (unpaired) electrons.